The van der Waals surface area contributed by atoms with Crippen molar-refractivity contribution >= 4 is 21.6 Å². The van der Waals surface area contributed by atoms with Gasteiger partial charge < -0.3 is 4.90 Å². The second kappa shape index (κ2) is 7.00. The third-order valence-corrected chi connectivity index (χ3v) is 5.29. The molecule has 0 saturated heterocycles. The number of rotatable bonds is 5. The number of amides is 1. The Kier molecular flexibility index (Phi) is 5.23. The van der Waals surface area contributed by atoms with E-state index in [1.165, 1.54) is 17.0 Å². The third-order valence-electron chi connectivity index (χ3n) is 3.50. The SMILES string of the molecule is Cc1ccc(N(CC(=O)N(C)C)S(=O)(=O)c2ccc(F)cc2)cc1. The minimum absolute atomic E-state index is 0.0731. The van der Waals surface area contributed by atoms with Gasteiger partial charge in [-0.3, -0.25) is 9.10 Å². The first-order valence-corrected chi connectivity index (χ1v) is 8.71. The van der Waals surface area contributed by atoms with Gasteiger partial charge in [-0.25, -0.2) is 12.8 Å². The molecule has 0 spiro atoms. The first-order valence-electron chi connectivity index (χ1n) is 7.27. The summed E-state index contributed by atoms with van der Waals surface area (Å²) in [7, 11) is -0.882. The van der Waals surface area contributed by atoms with Gasteiger partial charge in [0, 0.05) is 14.1 Å². The van der Waals surface area contributed by atoms with Gasteiger partial charge in [0.25, 0.3) is 10.0 Å². The van der Waals surface area contributed by atoms with Crippen molar-refractivity contribution in [1.29, 1.82) is 0 Å². The number of likely N-dealkylation sites (N-methyl/N-ethyl adjacent to an activating group) is 1. The molecule has 0 unspecified atom stereocenters. The van der Waals surface area contributed by atoms with E-state index in [2.05, 4.69) is 0 Å². The maximum absolute atomic E-state index is 13.1. The molecule has 0 aliphatic carbocycles. The molecule has 2 aromatic rings. The zero-order valence-electron chi connectivity index (χ0n) is 13.7. The molecular formula is C17H19FN2O3S. The largest absolute Gasteiger partial charge is 0.347 e. The van der Waals surface area contributed by atoms with Crippen LogP contribution in [0.15, 0.2) is 53.4 Å². The number of benzene rings is 2. The Bertz CT molecular complexity index is 816. The topological polar surface area (TPSA) is 57.7 Å². The summed E-state index contributed by atoms with van der Waals surface area (Å²) >= 11 is 0. The van der Waals surface area contributed by atoms with Crippen molar-refractivity contribution in [3.63, 3.8) is 0 Å². The number of sulfonamides is 1. The monoisotopic (exact) mass is 350 g/mol. The molecule has 2 rings (SSSR count). The number of anilines is 1. The van der Waals surface area contributed by atoms with E-state index in [4.69, 9.17) is 0 Å². The van der Waals surface area contributed by atoms with Gasteiger partial charge in [0.1, 0.15) is 12.4 Å². The Morgan fingerprint density at radius 3 is 2.04 bits per heavy atom. The number of carbonyl (C=O) groups excluding carboxylic acids is 1. The Morgan fingerprint density at radius 1 is 1.00 bits per heavy atom. The zero-order chi connectivity index (χ0) is 17.9. The lowest BCUT2D eigenvalue weighted by Crippen LogP contribution is -2.40. The Morgan fingerprint density at radius 2 is 1.54 bits per heavy atom. The molecule has 7 heteroatoms. The predicted molar refractivity (Wildman–Crippen MR) is 90.8 cm³/mol. The van der Waals surface area contributed by atoms with Crippen LogP contribution in [0.3, 0.4) is 0 Å². The van der Waals surface area contributed by atoms with Crippen LogP contribution in [0.2, 0.25) is 0 Å². The molecule has 0 atom stereocenters. The highest BCUT2D eigenvalue weighted by Crippen LogP contribution is 2.24. The Balaban J connectivity index is 2.49. The highest BCUT2D eigenvalue weighted by molar-refractivity contribution is 7.92. The van der Waals surface area contributed by atoms with Gasteiger partial charge >= 0.3 is 0 Å². The van der Waals surface area contributed by atoms with Crippen molar-refractivity contribution in [3.05, 3.63) is 59.9 Å². The standard InChI is InChI=1S/C17H19FN2O3S/c1-13-4-8-15(9-5-13)20(12-17(21)19(2)3)24(22,23)16-10-6-14(18)7-11-16/h4-11H,12H2,1-3H3. The van der Waals surface area contributed by atoms with Gasteiger partial charge in [-0.05, 0) is 43.3 Å². The molecule has 128 valence electrons. The van der Waals surface area contributed by atoms with Crippen LogP contribution < -0.4 is 4.31 Å². The molecule has 0 aliphatic rings. The van der Waals surface area contributed by atoms with Gasteiger partial charge in [0.15, 0.2) is 0 Å². The van der Waals surface area contributed by atoms with Gasteiger partial charge in [-0.15, -0.1) is 0 Å². The smallest absolute Gasteiger partial charge is 0.264 e. The molecule has 0 bridgehead atoms. The minimum atomic E-state index is -3.99. The molecule has 5 nitrogen and oxygen atoms in total. The van der Waals surface area contributed by atoms with Gasteiger partial charge in [0.2, 0.25) is 5.91 Å². The molecule has 0 N–H and O–H groups in total. The lowest BCUT2D eigenvalue weighted by molar-refractivity contribution is -0.127. The van der Waals surface area contributed by atoms with Crippen LogP contribution in [0.5, 0.6) is 0 Å². The number of hydrogen-bond acceptors (Lipinski definition) is 3. The van der Waals surface area contributed by atoms with Crippen molar-refractivity contribution in [2.24, 2.45) is 0 Å². The molecule has 0 fully saturated rings. The van der Waals surface area contributed by atoms with E-state index in [1.54, 1.807) is 38.4 Å². The second-order valence-corrected chi connectivity index (χ2v) is 7.45. The normalized spacial score (nSPS) is 11.2. The fourth-order valence-electron chi connectivity index (χ4n) is 2.02. The maximum Gasteiger partial charge on any atom is 0.264 e. The summed E-state index contributed by atoms with van der Waals surface area (Å²) in [6.07, 6.45) is 0. The summed E-state index contributed by atoms with van der Waals surface area (Å²) in [4.78, 5) is 13.3. The van der Waals surface area contributed by atoms with Crippen LogP contribution >= 0.6 is 0 Å². The predicted octanol–water partition coefficient (Wildman–Crippen LogP) is 2.42. The van der Waals surface area contributed by atoms with E-state index < -0.39 is 15.8 Å². The Labute approximate surface area is 141 Å². The van der Waals surface area contributed by atoms with Crippen molar-refractivity contribution in [2.45, 2.75) is 11.8 Å². The van der Waals surface area contributed by atoms with E-state index in [0.717, 1.165) is 22.0 Å². The first kappa shape index (κ1) is 17.9. The maximum atomic E-state index is 13.1. The van der Waals surface area contributed by atoms with Crippen LogP contribution in [0.25, 0.3) is 0 Å². The first-order chi connectivity index (χ1) is 11.2. The summed E-state index contributed by atoms with van der Waals surface area (Å²) in [5.74, 6) is -0.888. The van der Waals surface area contributed by atoms with Crippen LogP contribution in [-0.4, -0.2) is 39.9 Å². The molecule has 0 radical (unpaired) electrons. The van der Waals surface area contributed by atoms with Crippen LogP contribution in [0.1, 0.15) is 5.56 Å². The molecule has 0 aliphatic heterocycles. The molecule has 0 heterocycles. The molecule has 0 aromatic heterocycles. The zero-order valence-corrected chi connectivity index (χ0v) is 14.5. The molecule has 24 heavy (non-hydrogen) atoms. The minimum Gasteiger partial charge on any atom is -0.347 e. The number of halogens is 1. The fourth-order valence-corrected chi connectivity index (χ4v) is 3.44. The van der Waals surface area contributed by atoms with Crippen LogP contribution in [0, 0.1) is 12.7 Å². The average molecular weight is 350 g/mol. The van der Waals surface area contributed by atoms with E-state index >= 15 is 0 Å². The summed E-state index contributed by atoms with van der Waals surface area (Å²) in [6, 6.07) is 11.3. The second-order valence-electron chi connectivity index (χ2n) is 5.59. The fraction of sp³-hybridized carbons (Fsp3) is 0.235. The average Bonchev–Trinajstić information content (AvgIpc) is 2.53. The van der Waals surface area contributed by atoms with Crippen LogP contribution in [0.4, 0.5) is 10.1 Å². The summed E-state index contributed by atoms with van der Waals surface area (Å²) < 4.78 is 40.0. The van der Waals surface area contributed by atoms with Crippen LogP contribution in [-0.2, 0) is 14.8 Å². The van der Waals surface area contributed by atoms with Crippen molar-refractivity contribution < 1.29 is 17.6 Å². The van der Waals surface area contributed by atoms with E-state index in [0.29, 0.717) is 5.69 Å². The molecular weight excluding hydrogens is 331 g/mol. The van der Waals surface area contributed by atoms with Crippen molar-refractivity contribution in [1.82, 2.24) is 4.90 Å². The highest BCUT2D eigenvalue weighted by Gasteiger charge is 2.27. The van der Waals surface area contributed by atoms with Gasteiger partial charge in [-0.2, -0.15) is 0 Å². The Hall–Kier alpha value is -2.41. The van der Waals surface area contributed by atoms with Gasteiger partial charge in [0.05, 0.1) is 10.6 Å². The highest BCUT2D eigenvalue weighted by atomic mass is 32.2. The third kappa shape index (κ3) is 3.91. The summed E-state index contributed by atoms with van der Waals surface area (Å²) in [6.45, 7) is 1.54. The molecule has 0 saturated carbocycles. The number of nitrogens with zero attached hydrogens (tertiary/aromatic N) is 2. The van der Waals surface area contributed by atoms with Crippen molar-refractivity contribution in [3.8, 4) is 0 Å². The van der Waals surface area contributed by atoms with E-state index in [-0.39, 0.29) is 17.3 Å². The molecule has 1 amide bonds. The summed E-state index contributed by atoms with van der Waals surface area (Å²) in [5, 5.41) is 0. The lowest BCUT2D eigenvalue weighted by Gasteiger charge is -2.25. The number of hydrogen-bond donors (Lipinski definition) is 0. The lowest BCUT2D eigenvalue weighted by atomic mass is 10.2. The molecule has 2 aromatic carbocycles. The van der Waals surface area contributed by atoms with E-state index in [9.17, 15) is 17.6 Å². The quantitative estimate of drug-likeness (QED) is 0.832. The number of carbonyl (C=O) groups is 1. The van der Waals surface area contributed by atoms with Crippen molar-refractivity contribution in [2.75, 3.05) is 24.9 Å². The number of aryl methyl sites for hydroxylation is 1. The van der Waals surface area contributed by atoms with E-state index in [1.807, 2.05) is 6.92 Å². The van der Waals surface area contributed by atoms with Gasteiger partial charge in [-0.1, -0.05) is 17.7 Å². The summed E-state index contributed by atoms with van der Waals surface area (Å²) in [5.41, 5.74) is 1.34.